The Bertz CT molecular complexity index is 235. The third-order valence-electron chi connectivity index (χ3n) is 2.16. The standard InChI is InChI=1S/C10H20N4O2.Cu/c15-9-8-10(16)14-7-5-12-3-1-2-11-4-6-13-9;/h11-12H,1-8H2,(H,13,15)(H,14,16);/q;+2/p-2. The average molecular weight is 290 g/mol. The first-order chi connectivity index (χ1) is 7.79. The van der Waals surface area contributed by atoms with Crippen molar-refractivity contribution in [3.8, 4) is 0 Å². The van der Waals surface area contributed by atoms with Crippen molar-refractivity contribution >= 4 is 11.8 Å². The molecule has 7 heteroatoms. The molecule has 2 N–H and O–H groups in total. The summed E-state index contributed by atoms with van der Waals surface area (Å²) < 4.78 is 0. The molecule has 0 aromatic rings. The van der Waals surface area contributed by atoms with E-state index in [4.69, 9.17) is 0 Å². The zero-order valence-corrected chi connectivity index (χ0v) is 10.6. The molecule has 0 spiro atoms. The van der Waals surface area contributed by atoms with Gasteiger partial charge in [0.1, 0.15) is 0 Å². The van der Waals surface area contributed by atoms with Gasteiger partial charge in [-0.15, -0.1) is 0 Å². The molecule has 6 nitrogen and oxygen atoms in total. The molecule has 0 aromatic heterocycles. The quantitative estimate of drug-likeness (QED) is 0.481. The fourth-order valence-electron chi connectivity index (χ4n) is 1.35. The molecule has 0 saturated heterocycles. The van der Waals surface area contributed by atoms with Crippen LogP contribution in [0, 0.1) is 0 Å². The largest absolute Gasteiger partial charge is 2.00 e. The monoisotopic (exact) mass is 289 g/mol. The van der Waals surface area contributed by atoms with Crippen LogP contribution in [0.5, 0.6) is 0 Å². The summed E-state index contributed by atoms with van der Waals surface area (Å²) in [6, 6.07) is 0. The van der Waals surface area contributed by atoms with E-state index in [1.807, 2.05) is 0 Å². The average Bonchev–Trinajstić information content (AvgIpc) is 2.25. The van der Waals surface area contributed by atoms with Crippen LogP contribution in [0.25, 0.3) is 0 Å². The van der Waals surface area contributed by atoms with Crippen molar-refractivity contribution in [1.29, 1.82) is 0 Å². The summed E-state index contributed by atoms with van der Waals surface area (Å²) in [5, 5.41) is 28.7. The Morgan fingerprint density at radius 1 is 0.824 bits per heavy atom. The minimum absolute atomic E-state index is 0. The molecule has 0 aliphatic carbocycles. The summed E-state index contributed by atoms with van der Waals surface area (Å²) in [6.07, 6.45) is 0.821. The zero-order chi connectivity index (χ0) is 11.6. The maximum atomic E-state index is 11.2. The molecule has 1 radical (unpaired) electrons. The number of hydrogen-bond acceptors (Lipinski definition) is 6. The van der Waals surface area contributed by atoms with Crippen LogP contribution in [0.1, 0.15) is 12.8 Å². The Balaban J connectivity index is 0.00000256. The molecule has 1 aliphatic heterocycles. The SMILES string of the molecule is [Cu+2].[O-]C1=NCCNCCCNCCN=C([O-])C1. The van der Waals surface area contributed by atoms with Gasteiger partial charge in [-0.05, 0) is 31.3 Å². The van der Waals surface area contributed by atoms with Gasteiger partial charge in [0.15, 0.2) is 0 Å². The van der Waals surface area contributed by atoms with Crippen molar-refractivity contribution in [3.63, 3.8) is 0 Å². The summed E-state index contributed by atoms with van der Waals surface area (Å²) in [6.45, 7) is 4.03. The molecular weight excluding hydrogens is 272 g/mol. The molecule has 1 rings (SSSR count). The van der Waals surface area contributed by atoms with Crippen LogP contribution in [-0.4, -0.2) is 51.1 Å². The molecule has 0 amide bonds. The molecule has 0 unspecified atom stereocenters. The first-order valence-corrected chi connectivity index (χ1v) is 5.61. The fraction of sp³-hybridized carbons (Fsp3) is 0.800. The minimum atomic E-state index is -0.374. The van der Waals surface area contributed by atoms with Gasteiger partial charge in [0.2, 0.25) is 0 Å². The second-order valence-electron chi connectivity index (χ2n) is 3.58. The predicted molar refractivity (Wildman–Crippen MR) is 59.6 cm³/mol. The van der Waals surface area contributed by atoms with Gasteiger partial charge in [-0.1, -0.05) is 0 Å². The van der Waals surface area contributed by atoms with Crippen molar-refractivity contribution in [2.45, 2.75) is 12.8 Å². The summed E-state index contributed by atoms with van der Waals surface area (Å²) in [7, 11) is 0. The van der Waals surface area contributed by atoms with Crippen LogP contribution < -0.4 is 20.8 Å². The molecule has 0 aromatic carbocycles. The van der Waals surface area contributed by atoms with Crippen molar-refractivity contribution in [3.05, 3.63) is 0 Å². The van der Waals surface area contributed by atoms with Gasteiger partial charge in [0, 0.05) is 19.5 Å². The van der Waals surface area contributed by atoms with Gasteiger partial charge >= 0.3 is 17.1 Å². The van der Waals surface area contributed by atoms with E-state index in [1.165, 1.54) is 0 Å². The molecule has 1 aliphatic rings. The van der Waals surface area contributed by atoms with Gasteiger partial charge in [0.05, 0.1) is 13.1 Å². The minimum Gasteiger partial charge on any atom is -0.862 e. The van der Waals surface area contributed by atoms with E-state index in [9.17, 15) is 10.2 Å². The van der Waals surface area contributed by atoms with Gasteiger partial charge in [-0.25, -0.2) is 0 Å². The Hall–Kier alpha value is -0.621. The van der Waals surface area contributed by atoms with E-state index < -0.39 is 0 Å². The summed E-state index contributed by atoms with van der Waals surface area (Å²) >= 11 is 0. The number of nitrogens with zero attached hydrogens (tertiary/aromatic N) is 2. The molecular formula is C10H18CuN4O2. The Kier molecular flexibility index (Phi) is 10.1. The van der Waals surface area contributed by atoms with E-state index in [0.29, 0.717) is 26.2 Å². The first kappa shape index (κ1) is 16.4. The normalized spacial score (nSPS) is 20.5. The van der Waals surface area contributed by atoms with Crippen LogP contribution in [0.4, 0.5) is 0 Å². The number of hydrogen-bond donors (Lipinski definition) is 2. The van der Waals surface area contributed by atoms with Gasteiger partial charge in [0.25, 0.3) is 0 Å². The van der Waals surface area contributed by atoms with Crippen LogP contribution in [0.3, 0.4) is 0 Å². The van der Waals surface area contributed by atoms with Gasteiger partial charge in [-0.3, -0.25) is 0 Å². The number of nitrogens with one attached hydrogen (secondary N) is 2. The topological polar surface area (TPSA) is 94.9 Å². The second-order valence-corrected chi connectivity index (χ2v) is 3.58. The number of rotatable bonds is 0. The molecule has 0 atom stereocenters. The van der Waals surface area contributed by atoms with E-state index in [2.05, 4.69) is 20.6 Å². The van der Waals surface area contributed by atoms with Crippen LogP contribution in [0.15, 0.2) is 9.98 Å². The maximum absolute atomic E-state index is 11.2. The molecule has 0 fully saturated rings. The molecule has 1 heterocycles. The molecule has 0 bridgehead atoms. The van der Waals surface area contributed by atoms with E-state index in [-0.39, 0.29) is 35.3 Å². The third kappa shape index (κ3) is 9.11. The smallest absolute Gasteiger partial charge is 0.862 e. The summed E-state index contributed by atoms with van der Waals surface area (Å²) in [5.74, 6) is -0.749. The fourth-order valence-corrected chi connectivity index (χ4v) is 1.35. The van der Waals surface area contributed by atoms with Crippen molar-refractivity contribution in [2.75, 3.05) is 39.3 Å². The van der Waals surface area contributed by atoms with Gasteiger partial charge < -0.3 is 30.8 Å². The number of aliphatic imine (C=N–C) groups is 2. The second kappa shape index (κ2) is 10.5. The third-order valence-corrected chi connectivity index (χ3v) is 2.16. The van der Waals surface area contributed by atoms with E-state index in [1.54, 1.807) is 0 Å². The predicted octanol–water partition coefficient (Wildman–Crippen LogP) is -2.53. The molecule has 0 saturated carbocycles. The van der Waals surface area contributed by atoms with Crippen molar-refractivity contribution < 1.29 is 27.3 Å². The molecule has 17 heavy (non-hydrogen) atoms. The Morgan fingerprint density at radius 2 is 1.29 bits per heavy atom. The van der Waals surface area contributed by atoms with E-state index in [0.717, 1.165) is 19.5 Å². The first-order valence-electron chi connectivity index (χ1n) is 5.61. The van der Waals surface area contributed by atoms with Crippen LogP contribution >= 0.6 is 0 Å². The van der Waals surface area contributed by atoms with Crippen LogP contribution in [0.2, 0.25) is 0 Å². The zero-order valence-electron chi connectivity index (χ0n) is 9.67. The van der Waals surface area contributed by atoms with Crippen molar-refractivity contribution in [1.82, 2.24) is 10.6 Å². The maximum Gasteiger partial charge on any atom is 2.00 e. The Morgan fingerprint density at radius 3 is 1.76 bits per heavy atom. The van der Waals surface area contributed by atoms with Crippen molar-refractivity contribution in [2.24, 2.45) is 9.98 Å². The van der Waals surface area contributed by atoms with Gasteiger partial charge in [-0.2, -0.15) is 0 Å². The van der Waals surface area contributed by atoms with E-state index >= 15 is 0 Å². The summed E-state index contributed by atoms with van der Waals surface area (Å²) in [4.78, 5) is 7.53. The Labute approximate surface area is 112 Å². The van der Waals surface area contributed by atoms with Crippen LogP contribution in [-0.2, 0) is 17.1 Å². The summed E-state index contributed by atoms with van der Waals surface area (Å²) in [5.41, 5.74) is 0. The molecule has 101 valence electrons.